The Labute approximate surface area is 152 Å². The lowest BCUT2D eigenvalue weighted by Crippen LogP contribution is -2.18. The third-order valence-electron chi connectivity index (χ3n) is 3.76. The highest BCUT2D eigenvalue weighted by molar-refractivity contribution is 6.34. The summed E-state index contributed by atoms with van der Waals surface area (Å²) in [6.45, 7) is 6.04. The van der Waals surface area contributed by atoms with Crippen molar-refractivity contribution in [3.63, 3.8) is 0 Å². The highest BCUT2D eigenvalue weighted by Crippen LogP contribution is 2.28. The Hall–Kier alpha value is -1.71. The quantitative estimate of drug-likeness (QED) is 0.669. The molecule has 0 aliphatic heterocycles. The molecule has 24 heavy (non-hydrogen) atoms. The summed E-state index contributed by atoms with van der Waals surface area (Å²) in [7, 11) is 0. The van der Waals surface area contributed by atoms with Crippen molar-refractivity contribution >= 4 is 34.8 Å². The number of amides is 1. The third-order valence-corrected chi connectivity index (χ3v) is 4.31. The van der Waals surface area contributed by atoms with Gasteiger partial charge in [-0.05, 0) is 55.7 Å². The van der Waals surface area contributed by atoms with Crippen LogP contribution in [0.4, 0.5) is 5.69 Å². The first kappa shape index (κ1) is 18.6. The zero-order valence-electron chi connectivity index (χ0n) is 14.0. The van der Waals surface area contributed by atoms with Crippen LogP contribution in [-0.2, 0) is 0 Å². The van der Waals surface area contributed by atoms with Crippen LogP contribution < -0.4 is 10.1 Å². The van der Waals surface area contributed by atoms with Crippen molar-refractivity contribution in [3.8, 4) is 5.75 Å². The molecule has 0 heterocycles. The van der Waals surface area contributed by atoms with Gasteiger partial charge in [0.1, 0.15) is 5.75 Å². The third kappa shape index (κ3) is 4.65. The number of carbonyl (C=O) groups is 1. The maximum Gasteiger partial charge on any atom is 0.259 e. The summed E-state index contributed by atoms with van der Waals surface area (Å²) in [6, 6.07) is 10.5. The summed E-state index contributed by atoms with van der Waals surface area (Å²) in [6.07, 6.45) is 1.79. The minimum absolute atomic E-state index is 0.0562. The van der Waals surface area contributed by atoms with E-state index in [1.165, 1.54) is 0 Å². The van der Waals surface area contributed by atoms with E-state index in [4.69, 9.17) is 27.9 Å². The van der Waals surface area contributed by atoms with Crippen LogP contribution in [-0.4, -0.2) is 12.0 Å². The Kier molecular flexibility index (Phi) is 6.52. The van der Waals surface area contributed by atoms with E-state index in [1.54, 1.807) is 30.3 Å². The molecule has 0 bridgehead atoms. The van der Waals surface area contributed by atoms with E-state index in [1.807, 2.05) is 13.0 Å². The van der Waals surface area contributed by atoms with Crippen LogP contribution in [0.2, 0.25) is 10.0 Å². The molecule has 0 atom stereocenters. The van der Waals surface area contributed by atoms with Crippen LogP contribution in [0.3, 0.4) is 0 Å². The molecule has 0 fully saturated rings. The average Bonchev–Trinajstić information content (AvgIpc) is 2.56. The predicted molar refractivity (Wildman–Crippen MR) is 101 cm³/mol. The van der Waals surface area contributed by atoms with Gasteiger partial charge in [0.15, 0.2) is 0 Å². The van der Waals surface area contributed by atoms with Crippen LogP contribution in [0.25, 0.3) is 0 Å². The number of hydrogen-bond donors (Lipinski definition) is 1. The van der Waals surface area contributed by atoms with Crippen LogP contribution in [0.15, 0.2) is 36.4 Å². The van der Waals surface area contributed by atoms with Gasteiger partial charge in [0.05, 0.1) is 22.4 Å². The largest absolute Gasteiger partial charge is 0.490 e. The SMILES string of the molecule is CCC(CC)Oc1ccc(Cl)cc1C(=O)Nc1ccc(C)cc1Cl. The first-order valence-electron chi connectivity index (χ1n) is 7.98. The van der Waals surface area contributed by atoms with Gasteiger partial charge in [-0.25, -0.2) is 0 Å². The molecule has 1 amide bonds. The van der Waals surface area contributed by atoms with Gasteiger partial charge in [0, 0.05) is 5.02 Å². The maximum atomic E-state index is 12.7. The fraction of sp³-hybridized carbons (Fsp3) is 0.316. The molecular weight excluding hydrogens is 345 g/mol. The number of aryl methyl sites for hydroxylation is 1. The zero-order chi connectivity index (χ0) is 17.7. The topological polar surface area (TPSA) is 38.3 Å². The number of hydrogen-bond acceptors (Lipinski definition) is 2. The molecule has 128 valence electrons. The van der Waals surface area contributed by atoms with Crippen molar-refractivity contribution in [2.75, 3.05) is 5.32 Å². The minimum Gasteiger partial charge on any atom is -0.490 e. The second kappa shape index (κ2) is 8.41. The first-order chi connectivity index (χ1) is 11.4. The van der Waals surface area contributed by atoms with Crippen LogP contribution in [0.5, 0.6) is 5.75 Å². The molecule has 0 unspecified atom stereocenters. The molecule has 5 heteroatoms. The molecule has 1 N–H and O–H groups in total. The second-order valence-electron chi connectivity index (χ2n) is 5.63. The number of halogens is 2. The molecule has 0 aromatic heterocycles. The molecular formula is C19H21Cl2NO2. The Morgan fingerprint density at radius 1 is 1.12 bits per heavy atom. The van der Waals surface area contributed by atoms with Gasteiger partial charge in [-0.3, -0.25) is 4.79 Å². The lowest BCUT2D eigenvalue weighted by atomic mass is 10.1. The van der Waals surface area contributed by atoms with Crippen molar-refractivity contribution in [1.82, 2.24) is 0 Å². The van der Waals surface area contributed by atoms with Gasteiger partial charge in [0.2, 0.25) is 0 Å². The Bertz CT molecular complexity index is 727. The molecule has 2 aromatic rings. The van der Waals surface area contributed by atoms with Crippen molar-refractivity contribution in [1.29, 1.82) is 0 Å². The van der Waals surface area contributed by atoms with E-state index < -0.39 is 0 Å². The second-order valence-corrected chi connectivity index (χ2v) is 6.48. The zero-order valence-corrected chi connectivity index (χ0v) is 15.5. The van der Waals surface area contributed by atoms with E-state index in [0.717, 1.165) is 18.4 Å². The maximum absolute atomic E-state index is 12.7. The highest BCUT2D eigenvalue weighted by Gasteiger charge is 2.17. The smallest absolute Gasteiger partial charge is 0.259 e. The standard InChI is InChI=1S/C19H21Cl2NO2/c1-4-14(5-2)24-18-9-7-13(20)11-15(18)19(23)22-17-8-6-12(3)10-16(17)21/h6-11,14H,4-5H2,1-3H3,(H,22,23). The van der Waals surface area contributed by atoms with Crippen LogP contribution >= 0.6 is 23.2 Å². The van der Waals surface area contributed by atoms with Gasteiger partial charge >= 0.3 is 0 Å². The monoisotopic (exact) mass is 365 g/mol. The van der Waals surface area contributed by atoms with Crippen molar-refractivity contribution in [2.24, 2.45) is 0 Å². The molecule has 0 spiro atoms. The molecule has 0 saturated heterocycles. The summed E-state index contributed by atoms with van der Waals surface area (Å²) >= 11 is 12.2. The van der Waals surface area contributed by atoms with Gasteiger partial charge in [0.25, 0.3) is 5.91 Å². The molecule has 3 nitrogen and oxygen atoms in total. The summed E-state index contributed by atoms with van der Waals surface area (Å²) in [4.78, 5) is 12.7. The average molecular weight is 366 g/mol. The van der Waals surface area contributed by atoms with E-state index >= 15 is 0 Å². The molecule has 0 radical (unpaired) electrons. The van der Waals surface area contributed by atoms with Crippen molar-refractivity contribution in [2.45, 2.75) is 39.7 Å². The summed E-state index contributed by atoms with van der Waals surface area (Å²) in [5.74, 6) is 0.220. The van der Waals surface area contributed by atoms with Gasteiger partial charge in [-0.2, -0.15) is 0 Å². The van der Waals surface area contributed by atoms with Crippen molar-refractivity contribution < 1.29 is 9.53 Å². The van der Waals surface area contributed by atoms with Gasteiger partial charge < -0.3 is 10.1 Å². The Balaban J connectivity index is 2.29. The van der Waals surface area contributed by atoms with Crippen LogP contribution in [0, 0.1) is 6.92 Å². The molecule has 2 aromatic carbocycles. The number of rotatable bonds is 6. The normalized spacial score (nSPS) is 10.8. The Morgan fingerprint density at radius 3 is 2.46 bits per heavy atom. The minimum atomic E-state index is -0.302. The fourth-order valence-corrected chi connectivity index (χ4v) is 2.78. The van der Waals surface area contributed by atoms with E-state index in [9.17, 15) is 4.79 Å². The summed E-state index contributed by atoms with van der Waals surface area (Å²) < 4.78 is 5.95. The lowest BCUT2D eigenvalue weighted by Gasteiger charge is -2.18. The van der Waals surface area contributed by atoms with Gasteiger partial charge in [-0.15, -0.1) is 0 Å². The van der Waals surface area contributed by atoms with Crippen molar-refractivity contribution in [3.05, 3.63) is 57.6 Å². The highest BCUT2D eigenvalue weighted by atomic mass is 35.5. The predicted octanol–water partition coefficient (Wildman–Crippen LogP) is 6.12. The fourth-order valence-electron chi connectivity index (χ4n) is 2.33. The lowest BCUT2D eigenvalue weighted by molar-refractivity contribution is 0.101. The summed E-state index contributed by atoms with van der Waals surface area (Å²) in [5, 5.41) is 3.79. The molecule has 0 aliphatic rings. The number of ether oxygens (including phenoxy) is 1. The molecule has 0 saturated carbocycles. The molecule has 0 aliphatic carbocycles. The van der Waals surface area contributed by atoms with E-state index in [0.29, 0.717) is 27.0 Å². The first-order valence-corrected chi connectivity index (χ1v) is 8.73. The number of anilines is 1. The van der Waals surface area contributed by atoms with E-state index in [-0.39, 0.29) is 12.0 Å². The van der Waals surface area contributed by atoms with Gasteiger partial charge in [-0.1, -0.05) is 43.1 Å². The summed E-state index contributed by atoms with van der Waals surface area (Å²) in [5.41, 5.74) is 1.98. The van der Waals surface area contributed by atoms with E-state index in [2.05, 4.69) is 19.2 Å². The van der Waals surface area contributed by atoms with Crippen LogP contribution in [0.1, 0.15) is 42.6 Å². The number of carbonyl (C=O) groups excluding carboxylic acids is 1. The Morgan fingerprint density at radius 2 is 1.83 bits per heavy atom. The molecule has 2 rings (SSSR count). The number of benzene rings is 2. The number of nitrogens with one attached hydrogen (secondary N) is 1.